The monoisotopic (exact) mass is 351 g/mol. The third kappa shape index (κ3) is 2.61. The van der Waals surface area contributed by atoms with Crippen molar-refractivity contribution in [2.45, 2.75) is 6.54 Å². The Kier molecular flexibility index (Phi) is 3.59. The summed E-state index contributed by atoms with van der Waals surface area (Å²) in [5, 5.41) is 4.14. The van der Waals surface area contributed by atoms with Gasteiger partial charge in [0.1, 0.15) is 0 Å². The third-order valence-corrected chi connectivity index (χ3v) is 4.03. The fraction of sp³-hybridized carbons (Fsp3) is 0.286. The molecule has 1 aliphatic rings. The molecule has 2 aromatic rings. The zero-order chi connectivity index (χ0) is 15.0. The fourth-order valence-corrected chi connectivity index (χ4v) is 2.63. The largest absolute Gasteiger partial charge is 0.454 e. The molecule has 0 spiro atoms. The Labute approximate surface area is 130 Å². The molecule has 1 aromatic carbocycles. The van der Waals surface area contributed by atoms with E-state index in [-0.39, 0.29) is 12.7 Å². The smallest absolute Gasteiger partial charge is 0.254 e. The molecule has 110 valence electrons. The van der Waals surface area contributed by atoms with Gasteiger partial charge in [-0.3, -0.25) is 9.48 Å². The predicted octanol–water partition coefficient (Wildman–Crippen LogP) is 2.18. The molecule has 6 nitrogen and oxygen atoms in total. The van der Waals surface area contributed by atoms with E-state index in [2.05, 4.69) is 21.0 Å². The van der Waals surface area contributed by atoms with Gasteiger partial charge >= 0.3 is 0 Å². The Morgan fingerprint density at radius 2 is 2.19 bits per heavy atom. The van der Waals surface area contributed by atoms with Gasteiger partial charge in [0.15, 0.2) is 11.5 Å². The summed E-state index contributed by atoms with van der Waals surface area (Å²) in [6.07, 6.45) is 1.72. The van der Waals surface area contributed by atoms with Crippen LogP contribution in [0.15, 0.2) is 28.9 Å². The second-order valence-corrected chi connectivity index (χ2v) is 5.65. The van der Waals surface area contributed by atoms with E-state index >= 15 is 0 Å². The molecule has 7 heteroatoms. The lowest BCUT2D eigenvalue weighted by atomic mass is 10.1. The standard InChI is InChI=1S/C14H14BrN3O3/c1-17(7-11-10(15)6-16-18(11)2)14(19)9-3-4-12-13(5-9)21-8-20-12/h3-6H,7-8H2,1-2H3. The lowest BCUT2D eigenvalue weighted by molar-refractivity contribution is 0.0781. The maximum absolute atomic E-state index is 12.5. The number of aromatic nitrogens is 2. The van der Waals surface area contributed by atoms with Crippen LogP contribution in [-0.4, -0.2) is 34.4 Å². The number of hydrogen-bond acceptors (Lipinski definition) is 4. The highest BCUT2D eigenvalue weighted by atomic mass is 79.9. The van der Waals surface area contributed by atoms with Crippen molar-refractivity contribution < 1.29 is 14.3 Å². The number of halogens is 1. The van der Waals surface area contributed by atoms with E-state index in [9.17, 15) is 4.79 Å². The van der Waals surface area contributed by atoms with Crippen molar-refractivity contribution in [3.05, 3.63) is 40.1 Å². The van der Waals surface area contributed by atoms with Gasteiger partial charge in [-0.2, -0.15) is 5.10 Å². The van der Waals surface area contributed by atoms with E-state index in [1.165, 1.54) is 0 Å². The van der Waals surface area contributed by atoms with Gasteiger partial charge in [0.2, 0.25) is 6.79 Å². The average molecular weight is 352 g/mol. The molecule has 2 heterocycles. The number of benzene rings is 1. The SMILES string of the molecule is CN(Cc1c(Br)cnn1C)C(=O)c1ccc2c(c1)OCO2. The Morgan fingerprint density at radius 1 is 1.43 bits per heavy atom. The maximum Gasteiger partial charge on any atom is 0.254 e. The first-order valence-corrected chi connectivity index (χ1v) is 7.17. The summed E-state index contributed by atoms with van der Waals surface area (Å²) in [5.41, 5.74) is 1.51. The van der Waals surface area contributed by atoms with E-state index in [4.69, 9.17) is 9.47 Å². The highest BCUT2D eigenvalue weighted by Crippen LogP contribution is 2.32. The highest BCUT2D eigenvalue weighted by Gasteiger charge is 2.19. The van der Waals surface area contributed by atoms with Crippen LogP contribution in [0.4, 0.5) is 0 Å². The van der Waals surface area contributed by atoms with Crippen LogP contribution in [0.5, 0.6) is 11.5 Å². The second kappa shape index (κ2) is 5.40. The number of fused-ring (bicyclic) bond motifs is 1. The molecular weight excluding hydrogens is 338 g/mol. The third-order valence-electron chi connectivity index (χ3n) is 3.36. The molecule has 0 aliphatic carbocycles. The molecule has 0 saturated carbocycles. The van der Waals surface area contributed by atoms with Gasteiger partial charge in [-0.15, -0.1) is 0 Å². The quantitative estimate of drug-likeness (QED) is 0.850. The normalized spacial score (nSPS) is 12.5. The summed E-state index contributed by atoms with van der Waals surface area (Å²) in [4.78, 5) is 14.1. The van der Waals surface area contributed by atoms with Crippen LogP contribution in [0, 0.1) is 0 Å². The van der Waals surface area contributed by atoms with Crippen LogP contribution in [-0.2, 0) is 13.6 Å². The Balaban J connectivity index is 1.78. The highest BCUT2D eigenvalue weighted by molar-refractivity contribution is 9.10. The van der Waals surface area contributed by atoms with Crippen LogP contribution < -0.4 is 9.47 Å². The number of carbonyl (C=O) groups is 1. The van der Waals surface area contributed by atoms with Gasteiger partial charge in [0.05, 0.1) is 22.9 Å². The van der Waals surface area contributed by atoms with E-state index in [0.29, 0.717) is 23.6 Å². The summed E-state index contributed by atoms with van der Waals surface area (Å²) in [7, 11) is 3.60. The topological polar surface area (TPSA) is 56.6 Å². The zero-order valence-electron chi connectivity index (χ0n) is 11.7. The van der Waals surface area contributed by atoms with Gasteiger partial charge in [0, 0.05) is 19.7 Å². The Hall–Kier alpha value is -2.02. The molecule has 3 rings (SSSR count). The summed E-state index contributed by atoms with van der Waals surface area (Å²) in [5.74, 6) is 1.20. The summed E-state index contributed by atoms with van der Waals surface area (Å²) in [6.45, 7) is 0.662. The molecule has 0 radical (unpaired) electrons. The van der Waals surface area contributed by atoms with Gasteiger partial charge in [0.25, 0.3) is 5.91 Å². The van der Waals surface area contributed by atoms with Crippen LogP contribution in [0.25, 0.3) is 0 Å². The lowest BCUT2D eigenvalue weighted by Crippen LogP contribution is -2.27. The molecule has 1 aliphatic heterocycles. The number of rotatable bonds is 3. The van der Waals surface area contributed by atoms with Crippen LogP contribution >= 0.6 is 15.9 Å². The van der Waals surface area contributed by atoms with Crippen molar-refractivity contribution >= 4 is 21.8 Å². The van der Waals surface area contributed by atoms with Crippen molar-refractivity contribution in [1.82, 2.24) is 14.7 Å². The molecular formula is C14H14BrN3O3. The van der Waals surface area contributed by atoms with Crippen LogP contribution in [0.1, 0.15) is 16.1 Å². The average Bonchev–Trinajstić information content (AvgIpc) is 3.07. The predicted molar refractivity (Wildman–Crippen MR) is 79.3 cm³/mol. The van der Waals surface area contributed by atoms with Gasteiger partial charge in [-0.1, -0.05) is 0 Å². The molecule has 0 N–H and O–H groups in total. The minimum atomic E-state index is -0.0820. The molecule has 0 unspecified atom stereocenters. The minimum absolute atomic E-state index is 0.0820. The van der Waals surface area contributed by atoms with Gasteiger partial charge in [-0.05, 0) is 34.1 Å². The van der Waals surface area contributed by atoms with E-state index < -0.39 is 0 Å². The number of nitrogens with zero attached hydrogens (tertiary/aromatic N) is 3. The van der Waals surface area contributed by atoms with E-state index in [0.717, 1.165) is 10.2 Å². The van der Waals surface area contributed by atoms with Crippen molar-refractivity contribution in [1.29, 1.82) is 0 Å². The molecule has 0 saturated heterocycles. The summed E-state index contributed by atoms with van der Waals surface area (Å²) < 4.78 is 13.2. The second-order valence-electron chi connectivity index (χ2n) is 4.79. The number of carbonyl (C=O) groups excluding carboxylic acids is 1. The minimum Gasteiger partial charge on any atom is -0.454 e. The van der Waals surface area contributed by atoms with E-state index in [1.54, 1.807) is 41.0 Å². The Bertz CT molecular complexity index is 679. The van der Waals surface area contributed by atoms with Crippen molar-refractivity contribution in [2.75, 3.05) is 13.8 Å². The first-order valence-electron chi connectivity index (χ1n) is 6.38. The Morgan fingerprint density at radius 3 is 2.90 bits per heavy atom. The molecule has 21 heavy (non-hydrogen) atoms. The molecule has 0 atom stereocenters. The number of aryl methyl sites for hydroxylation is 1. The molecule has 1 amide bonds. The number of hydrogen-bond donors (Lipinski definition) is 0. The number of ether oxygens (including phenoxy) is 2. The summed E-state index contributed by atoms with van der Waals surface area (Å²) in [6, 6.07) is 5.20. The van der Waals surface area contributed by atoms with Gasteiger partial charge in [-0.25, -0.2) is 0 Å². The molecule has 1 aromatic heterocycles. The first-order chi connectivity index (χ1) is 10.1. The van der Waals surface area contributed by atoms with Crippen molar-refractivity contribution in [3.8, 4) is 11.5 Å². The van der Waals surface area contributed by atoms with Gasteiger partial charge < -0.3 is 14.4 Å². The fourth-order valence-electron chi connectivity index (χ4n) is 2.16. The lowest BCUT2D eigenvalue weighted by Gasteiger charge is -2.18. The van der Waals surface area contributed by atoms with Crippen LogP contribution in [0.2, 0.25) is 0 Å². The van der Waals surface area contributed by atoms with Crippen molar-refractivity contribution in [2.24, 2.45) is 7.05 Å². The maximum atomic E-state index is 12.5. The number of amides is 1. The molecule has 0 bridgehead atoms. The zero-order valence-corrected chi connectivity index (χ0v) is 13.3. The summed E-state index contributed by atoms with van der Waals surface area (Å²) >= 11 is 3.43. The first kappa shape index (κ1) is 13.9. The van der Waals surface area contributed by atoms with Crippen molar-refractivity contribution in [3.63, 3.8) is 0 Å². The molecule has 0 fully saturated rings. The van der Waals surface area contributed by atoms with E-state index in [1.807, 2.05) is 7.05 Å². The van der Waals surface area contributed by atoms with Crippen LogP contribution in [0.3, 0.4) is 0 Å².